The van der Waals surface area contributed by atoms with E-state index in [0.29, 0.717) is 10.1 Å². The van der Waals surface area contributed by atoms with Gasteiger partial charge in [0.15, 0.2) is 16.6 Å². The molecule has 4 nitrogen and oxygen atoms in total. The molecule has 2 aromatic rings. The van der Waals surface area contributed by atoms with E-state index in [1.807, 2.05) is 54.3 Å². The van der Waals surface area contributed by atoms with Gasteiger partial charge in [-0.05, 0) is 55.5 Å². The van der Waals surface area contributed by atoms with Crippen molar-refractivity contribution in [3.05, 3.63) is 47.5 Å². The van der Waals surface area contributed by atoms with Gasteiger partial charge in [-0.2, -0.15) is 0 Å². The minimum absolute atomic E-state index is 0.262. The fraction of sp³-hybridized carbons (Fsp3) is 0.188. The van der Waals surface area contributed by atoms with Gasteiger partial charge in [-0.1, -0.05) is 11.6 Å². The maximum Gasteiger partial charge on any atom is 0.231 e. The van der Waals surface area contributed by atoms with Gasteiger partial charge in [0.25, 0.3) is 0 Å². The summed E-state index contributed by atoms with van der Waals surface area (Å²) in [7, 11) is 0. The molecule has 0 aliphatic carbocycles. The average molecular weight is 335 g/mol. The van der Waals surface area contributed by atoms with E-state index >= 15 is 0 Å². The zero-order valence-corrected chi connectivity index (χ0v) is 13.6. The van der Waals surface area contributed by atoms with Crippen LogP contribution in [-0.4, -0.2) is 18.5 Å². The molecule has 114 valence electrons. The molecule has 1 heterocycles. The van der Waals surface area contributed by atoms with Crippen LogP contribution in [0.2, 0.25) is 5.02 Å². The Balaban J connectivity index is 1.78. The van der Waals surface area contributed by atoms with Crippen molar-refractivity contribution in [3.63, 3.8) is 0 Å². The quantitative estimate of drug-likeness (QED) is 0.847. The van der Waals surface area contributed by atoms with E-state index in [4.69, 9.17) is 33.3 Å². The summed E-state index contributed by atoms with van der Waals surface area (Å²) >= 11 is 11.4. The van der Waals surface area contributed by atoms with Crippen molar-refractivity contribution in [1.82, 2.24) is 0 Å². The summed E-state index contributed by atoms with van der Waals surface area (Å²) in [4.78, 5) is 1.99. The van der Waals surface area contributed by atoms with Crippen LogP contribution in [0.15, 0.2) is 42.5 Å². The SMILES string of the molecule is CCN(C(=S)Nc1ccc(Cl)cc1)c1ccc2c(c1)OCO2. The lowest BCUT2D eigenvalue weighted by molar-refractivity contribution is 0.174. The van der Waals surface area contributed by atoms with Gasteiger partial charge in [-0.3, -0.25) is 0 Å². The van der Waals surface area contributed by atoms with Crippen LogP contribution in [0.25, 0.3) is 0 Å². The molecule has 22 heavy (non-hydrogen) atoms. The van der Waals surface area contributed by atoms with E-state index in [0.717, 1.165) is 29.4 Å². The summed E-state index contributed by atoms with van der Waals surface area (Å²) in [5.74, 6) is 1.50. The predicted molar refractivity (Wildman–Crippen MR) is 93.3 cm³/mol. The summed E-state index contributed by atoms with van der Waals surface area (Å²) in [6.45, 7) is 3.04. The third-order valence-electron chi connectivity index (χ3n) is 3.32. The molecule has 1 aliphatic rings. The van der Waals surface area contributed by atoms with Gasteiger partial charge in [-0.25, -0.2) is 0 Å². The van der Waals surface area contributed by atoms with Crippen LogP contribution in [0.4, 0.5) is 11.4 Å². The Kier molecular flexibility index (Phi) is 4.36. The Morgan fingerprint density at radius 1 is 1.18 bits per heavy atom. The number of benzene rings is 2. The van der Waals surface area contributed by atoms with E-state index in [1.54, 1.807) is 0 Å². The van der Waals surface area contributed by atoms with Crippen molar-refractivity contribution >= 4 is 40.3 Å². The van der Waals surface area contributed by atoms with Crippen molar-refractivity contribution in [2.75, 3.05) is 23.6 Å². The highest BCUT2D eigenvalue weighted by Crippen LogP contribution is 2.35. The van der Waals surface area contributed by atoms with Crippen LogP contribution in [0, 0.1) is 0 Å². The molecular weight excluding hydrogens is 320 g/mol. The zero-order valence-electron chi connectivity index (χ0n) is 12.0. The number of fused-ring (bicyclic) bond motifs is 1. The van der Waals surface area contributed by atoms with Crippen molar-refractivity contribution in [1.29, 1.82) is 0 Å². The van der Waals surface area contributed by atoms with Crippen LogP contribution < -0.4 is 19.7 Å². The predicted octanol–water partition coefficient (Wildman–Crippen LogP) is 4.29. The highest BCUT2D eigenvalue weighted by Gasteiger charge is 2.17. The number of rotatable bonds is 3. The van der Waals surface area contributed by atoms with Crippen molar-refractivity contribution < 1.29 is 9.47 Å². The molecule has 0 spiro atoms. The first-order valence-corrected chi connectivity index (χ1v) is 7.69. The van der Waals surface area contributed by atoms with Crippen LogP contribution in [0.3, 0.4) is 0 Å². The van der Waals surface area contributed by atoms with E-state index in [-0.39, 0.29) is 6.79 Å². The van der Waals surface area contributed by atoms with Crippen LogP contribution in [-0.2, 0) is 0 Å². The molecular formula is C16H15ClN2O2S. The molecule has 0 radical (unpaired) electrons. The molecule has 1 N–H and O–H groups in total. The minimum Gasteiger partial charge on any atom is -0.454 e. The number of nitrogens with one attached hydrogen (secondary N) is 1. The summed E-state index contributed by atoms with van der Waals surface area (Å²) in [5.41, 5.74) is 1.85. The number of thiocarbonyl (C=S) groups is 1. The summed E-state index contributed by atoms with van der Waals surface area (Å²) in [6, 6.07) is 13.2. The number of hydrogen-bond donors (Lipinski definition) is 1. The third-order valence-corrected chi connectivity index (χ3v) is 3.90. The number of hydrogen-bond acceptors (Lipinski definition) is 3. The average Bonchev–Trinajstić information content (AvgIpc) is 2.98. The molecule has 0 fully saturated rings. The summed E-state index contributed by atoms with van der Waals surface area (Å²) in [6.07, 6.45) is 0. The molecule has 3 rings (SSSR count). The first kappa shape index (κ1) is 14.9. The summed E-state index contributed by atoms with van der Waals surface area (Å²) in [5, 5.41) is 4.52. The minimum atomic E-state index is 0.262. The van der Waals surface area contributed by atoms with Gasteiger partial charge in [-0.15, -0.1) is 0 Å². The fourth-order valence-corrected chi connectivity index (χ4v) is 2.70. The van der Waals surface area contributed by atoms with Crippen molar-refractivity contribution in [2.45, 2.75) is 6.92 Å². The van der Waals surface area contributed by atoms with E-state index < -0.39 is 0 Å². The lowest BCUT2D eigenvalue weighted by Crippen LogP contribution is -2.34. The van der Waals surface area contributed by atoms with Gasteiger partial charge < -0.3 is 19.7 Å². The van der Waals surface area contributed by atoms with E-state index in [2.05, 4.69) is 5.32 Å². The zero-order chi connectivity index (χ0) is 15.5. The van der Waals surface area contributed by atoms with Gasteiger partial charge in [0, 0.05) is 29.0 Å². The molecule has 0 atom stereocenters. The Labute approximate surface area is 139 Å². The monoisotopic (exact) mass is 334 g/mol. The molecule has 2 aromatic carbocycles. The van der Waals surface area contributed by atoms with Crippen LogP contribution in [0.1, 0.15) is 6.92 Å². The smallest absolute Gasteiger partial charge is 0.231 e. The molecule has 0 saturated heterocycles. The third kappa shape index (κ3) is 3.10. The second kappa shape index (κ2) is 6.42. The summed E-state index contributed by atoms with van der Waals surface area (Å²) < 4.78 is 10.8. The molecule has 0 saturated carbocycles. The standard InChI is InChI=1S/C16H15ClN2O2S/c1-2-19(13-7-8-14-15(9-13)21-10-20-14)16(22)18-12-5-3-11(17)4-6-12/h3-9H,2,10H2,1H3,(H,18,22). The second-order valence-corrected chi connectivity index (χ2v) is 5.54. The van der Waals surface area contributed by atoms with E-state index in [1.165, 1.54) is 0 Å². The van der Waals surface area contributed by atoms with Crippen molar-refractivity contribution in [3.8, 4) is 11.5 Å². The fourth-order valence-electron chi connectivity index (χ4n) is 2.22. The van der Waals surface area contributed by atoms with E-state index in [9.17, 15) is 0 Å². The molecule has 0 amide bonds. The van der Waals surface area contributed by atoms with Gasteiger partial charge in [0.2, 0.25) is 6.79 Å². The number of nitrogens with zero attached hydrogens (tertiary/aromatic N) is 1. The highest BCUT2D eigenvalue weighted by molar-refractivity contribution is 7.80. The van der Waals surface area contributed by atoms with Crippen LogP contribution in [0.5, 0.6) is 11.5 Å². The molecule has 1 aliphatic heterocycles. The van der Waals surface area contributed by atoms with Crippen LogP contribution >= 0.6 is 23.8 Å². The Bertz CT molecular complexity index is 691. The Morgan fingerprint density at radius 2 is 1.91 bits per heavy atom. The number of anilines is 2. The first-order valence-electron chi connectivity index (χ1n) is 6.91. The number of halogens is 1. The largest absolute Gasteiger partial charge is 0.454 e. The Hall–Kier alpha value is -1.98. The second-order valence-electron chi connectivity index (χ2n) is 4.72. The molecule has 0 unspecified atom stereocenters. The topological polar surface area (TPSA) is 33.7 Å². The molecule has 6 heteroatoms. The first-order chi connectivity index (χ1) is 10.7. The maximum atomic E-state index is 5.89. The maximum absolute atomic E-state index is 5.89. The Morgan fingerprint density at radius 3 is 2.64 bits per heavy atom. The highest BCUT2D eigenvalue weighted by atomic mass is 35.5. The van der Waals surface area contributed by atoms with Crippen molar-refractivity contribution in [2.24, 2.45) is 0 Å². The lowest BCUT2D eigenvalue weighted by atomic mass is 10.2. The van der Waals surface area contributed by atoms with Gasteiger partial charge in [0.05, 0.1) is 0 Å². The molecule has 0 aromatic heterocycles. The normalized spacial score (nSPS) is 12.1. The molecule has 0 bridgehead atoms. The van der Waals surface area contributed by atoms with Gasteiger partial charge in [0.1, 0.15) is 0 Å². The number of ether oxygens (including phenoxy) is 2. The lowest BCUT2D eigenvalue weighted by Gasteiger charge is -2.24. The van der Waals surface area contributed by atoms with Gasteiger partial charge >= 0.3 is 0 Å².